The first kappa shape index (κ1) is 17.1. The van der Waals surface area contributed by atoms with Gasteiger partial charge in [0.25, 0.3) is 0 Å². The van der Waals surface area contributed by atoms with Gasteiger partial charge in [0.1, 0.15) is 5.82 Å². The number of halogens is 2. The van der Waals surface area contributed by atoms with Crippen molar-refractivity contribution in [1.29, 1.82) is 0 Å². The number of benzene rings is 1. The van der Waals surface area contributed by atoms with Crippen LogP contribution in [0.2, 0.25) is 0 Å². The van der Waals surface area contributed by atoms with Crippen LogP contribution in [0.1, 0.15) is 51.5 Å². The lowest BCUT2D eigenvalue weighted by Gasteiger charge is -2.24. The van der Waals surface area contributed by atoms with E-state index >= 15 is 0 Å². The quantitative estimate of drug-likeness (QED) is 0.547. The van der Waals surface area contributed by atoms with E-state index in [0.717, 1.165) is 5.56 Å². The molecule has 0 amide bonds. The van der Waals surface area contributed by atoms with Crippen LogP contribution in [0.4, 0.5) is 4.39 Å². The van der Waals surface area contributed by atoms with E-state index < -0.39 is 0 Å². The van der Waals surface area contributed by atoms with Crippen molar-refractivity contribution in [2.24, 2.45) is 5.41 Å². The van der Waals surface area contributed by atoms with Gasteiger partial charge in [0.2, 0.25) is 0 Å². The number of Topliss-reactive ketones (excluding diaryl/α,β-unsaturated/α-hetero) is 2. The summed E-state index contributed by atoms with van der Waals surface area (Å²) in [7, 11) is 0. The van der Waals surface area contributed by atoms with Gasteiger partial charge in [-0.1, -0.05) is 48.8 Å². The Morgan fingerprint density at radius 1 is 1.23 bits per heavy atom. The Morgan fingerprint density at radius 3 is 2.32 bits per heavy atom. The van der Waals surface area contributed by atoms with E-state index in [4.69, 9.17) is 0 Å². The van der Waals surface area contributed by atoms with Crippen molar-refractivity contribution in [3.63, 3.8) is 0 Å². The molecule has 1 aliphatic rings. The first-order valence-corrected chi connectivity index (χ1v) is 8.18. The molecule has 0 radical (unpaired) electrons. The fraction of sp³-hybridized carbons (Fsp3) is 0.444. The molecule has 22 heavy (non-hydrogen) atoms. The summed E-state index contributed by atoms with van der Waals surface area (Å²) in [5.41, 5.74) is 1.20. The van der Waals surface area contributed by atoms with E-state index in [-0.39, 0.29) is 28.7 Å². The highest BCUT2D eigenvalue weighted by Gasteiger charge is 2.32. The fourth-order valence-corrected chi connectivity index (χ4v) is 3.26. The number of rotatable bonds is 2. The minimum Gasteiger partial charge on any atom is -0.294 e. The van der Waals surface area contributed by atoms with Crippen LogP contribution in [-0.4, -0.2) is 11.6 Å². The van der Waals surface area contributed by atoms with Gasteiger partial charge in [0, 0.05) is 17.3 Å². The molecule has 0 heterocycles. The number of carbonyl (C=O) groups is 2. The zero-order valence-electron chi connectivity index (χ0n) is 13.1. The molecule has 0 aliphatic heterocycles. The maximum atomic E-state index is 13.2. The zero-order valence-corrected chi connectivity index (χ0v) is 14.7. The maximum absolute atomic E-state index is 13.2. The second kappa shape index (κ2) is 6.45. The Labute approximate surface area is 138 Å². The zero-order chi connectivity index (χ0) is 16.5. The van der Waals surface area contributed by atoms with Crippen LogP contribution >= 0.6 is 15.9 Å². The van der Waals surface area contributed by atoms with Gasteiger partial charge < -0.3 is 0 Å². The van der Waals surface area contributed by atoms with Crippen molar-refractivity contribution in [2.75, 3.05) is 0 Å². The number of carbonyl (C=O) groups excluding carboxylic acids is 2. The summed E-state index contributed by atoms with van der Waals surface area (Å²) in [5, 5.41) is 0. The molecule has 1 aromatic rings. The second-order valence-electron chi connectivity index (χ2n) is 7.00. The van der Waals surface area contributed by atoms with Gasteiger partial charge in [-0.05, 0) is 35.4 Å². The summed E-state index contributed by atoms with van der Waals surface area (Å²) < 4.78 is 13.8. The number of ketones is 2. The molecule has 4 heteroatoms. The van der Waals surface area contributed by atoms with Gasteiger partial charge in [-0.3, -0.25) is 9.59 Å². The Morgan fingerprint density at radius 2 is 1.82 bits per heavy atom. The Kier molecular flexibility index (Phi) is 5.00. The third-order valence-electron chi connectivity index (χ3n) is 3.79. The van der Waals surface area contributed by atoms with Crippen molar-refractivity contribution in [2.45, 2.75) is 46.0 Å². The lowest BCUT2D eigenvalue weighted by molar-refractivity contribution is -0.124. The highest BCUT2D eigenvalue weighted by atomic mass is 79.9. The summed E-state index contributed by atoms with van der Waals surface area (Å²) in [5.74, 6) is -0.736. The van der Waals surface area contributed by atoms with E-state index in [0.29, 0.717) is 29.3 Å². The van der Waals surface area contributed by atoms with Crippen molar-refractivity contribution < 1.29 is 14.0 Å². The normalized spacial score (nSPS) is 19.5. The largest absolute Gasteiger partial charge is 0.294 e. The fourth-order valence-electron chi connectivity index (χ4n) is 2.58. The van der Waals surface area contributed by atoms with Gasteiger partial charge in [0.05, 0.1) is 5.57 Å². The number of hydrogen-bond donors (Lipinski definition) is 0. The SMILES string of the molecule is CC(C)(C)CC=C1C(=O)CC(c2ccc(F)cc2Br)CC1=O. The molecule has 1 fully saturated rings. The maximum Gasteiger partial charge on any atom is 0.166 e. The molecular formula is C18H20BrFO2. The Balaban J connectivity index is 2.20. The average molecular weight is 367 g/mol. The van der Waals surface area contributed by atoms with Gasteiger partial charge >= 0.3 is 0 Å². The van der Waals surface area contributed by atoms with Crippen molar-refractivity contribution in [3.8, 4) is 0 Å². The van der Waals surface area contributed by atoms with E-state index in [1.165, 1.54) is 12.1 Å². The number of hydrogen-bond acceptors (Lipinski definition) is 2. The minimum atomic E-state index is -0.338. The molecule has 0 saturated heterocycles. The van der Waals surface area contributed by atoms with Crippen LogP contribution < -0.4 is 0 Å². The summed E-state index contributed by atoms with van der Waals surface area (Å²) >= 11 is 3.32. The summed E-state index contributed by atoms with van der Waals surface area (Å²) in [6, 6.07) is 4.38. The molecule has 0 unspecified atom stereocenters. The van der Waals surface area contributed by atoms with Gasteiger partial charge in [-0.15, -0.1) is 0 Å². The van der Waals surface area contributed by atoms with Crippen molar-refractivity contribution in [3.05, 3.63) is 45.7 Å². The van der Waals surface area contributed by atoms with Crippen LogP contribution in [0.5, 0.6) is 0 Å². The predicted octanol–water partition coefficient (Wildman–Crippen LogP) is 4.97. The molecule has 0 bridgehead atoms. The molecule has 1 aliphatic carbocycles. The monoisotopic (exact) mass is 366 g/mol. The Bertz CT molecular complexity index is 621. The van der Waals surface area contributed by atoms with Crippen molar-refractivity contribution >= 4 is 27.5 Å². The molecule has 0 N–H and O–H groups in total. The van der Waals surface area contributed by atoms with Crippen LogP contribution in [0.25, 0.3) is 0 Å². The van der Waals surface area contributed by atoms with Crippen LogP contribution in [0.15, 0.2) is 34.3 Å². The van der Waals surface area contributed by atoms with Crippen LogP contribution in [-0.2, 0) is 9.59 Å². The first-order valence-electron chi connectivity index (χ1n) is 7.39. The van der Waals surface area contributed by atoms with E-state index in [9.17, 15) is 14.0 Å². The van der Waals surface area contributed by atoms with E-state index in [2.05, 4.69) is 36.7 Å². The van der Waals surface area contributed by atoms with Gasteiger partial charge in [-0.25, -0.2) is 4.39 Å². The molecule has 1 aromatic carbocycles. The topological polar surface area (TPSA) is 34.1 Å². The molecule has 1 saturated carbocycles. The highest BCUT2D eigenvalue weighted by molar-refractivity contribution is 9.10. The first-order chi connectivity index (χ1) is 10.2. The van der Waals surface area contributed by atoms with Crippen LogP contribution in [0.3, 0.4) is 0 Å². The lowest BCUT2D eigenvalue weighted by atomic mass is 9.79. The van der Waals surface area contributed by atoms with Crippen molar-refractivity contribution in [1.82, 2.24) is 0 Å². The van der Waals surface area contributed by atoms with Gasteiger partial charge in [0.15, 0.2) is 11.6 Å². The molecule has 0 atom stereocenters. The third kappa shape index (κ3) is 4.13. The van der Waals surface area contributed by atoms with E-state index in [1.807, 2.05) is 0 Å². The minimum absolute atomic E-state index is 0.0460. The Hall–Kier alpha value is -1.29. The summed E-state index contributed by atoms with van der Waals surface area (Å²) in [4.78, 5) is 24.6. The van der Waals surface area contributed by atoms with E-state index in [1.54, 1.807) is 12.1 Å². The molecule has 2 nitrogen and oxygen atoms in total. The predicted molar refractivity (Wildman–Crippen MR) is 88.2 cm³/mol. The smallest absolute Gasteiger partial charge is 0.166 e. The lowest BCUT2D eigenvalue weighted by Crippen LogP contribution is -2.25. The summed E-state index contributed by atoms with van der Waals surface area (Å²) in [6.45, 7) is 6.21. The highest BCUT2D eigenvalue weighted by Crippen LogP contribution is 2.36. The third-order valence-corrected chi connectivity index (χ3v) is 4.47. The van der Waals surface area contributed by atoms with Crippen LogP contribution in [0, 0.1) is 11.2 Å². The molecule has 2 rings (SSSR count). The summed E-state index contributed by atoms with van der Waals surface area (Å²) in [6.07, 6.45) is 3.07. The molecule has 0 spiro atoms. The molecular weight excluding hydrogens is 347 g/mol. The molecule has 0 aromatic heterocycles. The average Bonchev–Trinajstić information content (AvgIpc) is 2.36. The second-order valence-corrected chi connectivity index (χ2v) is 7.85. The van der Waals surface area contributed by atoms with Gasteiger partial charge in [-0.2, -0.15) is 0 Å². The standard InChI is InChI=1S/C18H20BrFO2/c1-18(2,3)7-6-14-16(21)8-11(9-17(14)22)13-5-4-12(20)10-15(13)19/h4-6,10-11H,7-9H2,1-3H3. The number of allylic oxidation sites excluding steroid dienone is 2. The molecule has 118 valence electrons.